The summed E-state index contributed by atoms with van der Waals surface area (Å²) in [6, 6.07) is 57.6. The smallest absolute Gasteiger partial charge is 0.159 e. The molecule has 1 aliphatic carbocycles. The van der Waals surface area contributed by atoms with Crippen LogP contribution in [0.3, 0.4) is 0 Å². The molecule has 4 heterocycles. The number of hydrogen-bond donors (Lipinski definition) is 2. The van der Waals surface area contributed by atoms with Gasteiger partial charge in [0.05, 0.1) is 22.6 Å². The first-order chi connectivity index (χ1) is 28.3. The molecule has 9 aromatic rings. The molecule has 0 radical (unpaired) electrons. The Morgan fingerprint density at radius 3 is 2.05 bits per heavy atom. The van der Waals surface area contributed by atoms with Crippen molar-refractivity contribution < 1.29 is 9.15 Å². The zero-order chi connectivity index (χ0) is 37.5. The zero-order valence-electron chi connectivity index (χ0n) is 30.8. The number of hydrogen-bond acceptors (Lipinski definition) is 5. The quantitative estimate of drug-likeness (QED) is 0.185. The number of para-hydroxylation sites is 4. The molecule has 0 spiro atoms. The Balaban J connectivity index is 0.986. The molecular weight excluding hydrogens is 701 g/mol. The molecule has 2 N–H and O–H groups in total. The van der Waals surface area contributed by atoms with Gasteiger partial charge in [-0.2, -0.15) is 0 Å². The van der Waals surface area contributed by atoms with E-state index in [1.54, 1.807) is 0 Å². The molecular formula is C51H36N4O2. The molecule has 6 nitrogen and oxygen atoms in total. The Kier molecular flexibility index (Phi) is 7.16. The first kappa shape index (κ1) is 32.1. The van der Waals surface area contributed by atoms with Gasteiger partial charge in [0.15, 0.2) is 5.58 Å². The largest absolute Gasteiger partial charge is 0.460 e. The van der Waals surface area contributed by atoms with E-state index < -0.39 is 0 Å². The van der Waals surface area contributed by atoms with Gasteiger partial charge >= 0.3 is 0 Å². The van der Waals surface area contributed by atoms with Crippen LogP contribution in [0.15, 0.2) is 197 Å². The van der Waals surface area contributed by atoms with Crippen molar-refractivity contribution >= 4 is 49.6 Å². The van der Waals surface area contributed by atoms with E-state index >= 15 is 0 Å². The Hall–Kier alpha value is -7.15. The van der Waals surface area contributed by atoms with Crippen LogP contribution in [-0.4, -0.2) is 10.4 Å². The van der Waals surface area contributed by atoms with Crippen LogP contribution in [0.4, 0.5) is 0 Å². The van der Waals surface area contributed by atoms with E-state index in [-0.39, 0.29) is 24.2 Å². The lowest BCUT2D eigenvalue weighted by Gasteiger charge is -2.36. The second kappa shape index (κ2) is 12.7. The molecule has 4 unspecified atom stereocenters. The summed E-state index contributed by atoms with van der Waals surface area (Å²) in [5.41, 5.74) is 10.6. The molecule has 57 heavy (non-hydrogen) atoms. The lowest BCUT2D eigenvalue weighted by atomic mass is 9.80. The van der Waals surface area contributed by atoms with Gasteiger partial charge in [-0.3, -0.25) is 5.32 Å². The summed E-state index contributed by atoms with van der Waals surface area (Å²) in [6.07, 6.45) is 6.18. The molecule has 12 rings (SSSR count). The lowest BCUT2D eigenvalue weighted by molar-refractivity contribution is 0.384. The van der Waals surface area contributed by atoms with Gasteiger partial charge in [0.2, 0.25) is 0 Å². The standard InChI is InChI=1S/C51H36N4O2/c1-3-15-31(16-4-1)49-52-50(32-17-5-2-6-18-32)54-51(53-49)39-25-14-30-44-46(39)37-23-11-22-36(47(37)56-44)35-21-13-29-43-45(35)38-24-12-28-42(48(38)57-43)55-40-26-9-7-19-33(40)34-20-8-10-27-41(34)55/h1-30,39,46,49-50,52H,(H,53,54). The van der Waals surface area contributed by atoms with Crippen molar-refractivity contribution in [3.05, 3.63) is 204 Å². The number of furan rings is 1. The van der Waals surface area contributed by atoms with Crippen molar-refractivity contribution in [2.45, 2.75) is 18.2 Å². The van der Waals surface area contributed by atoms with Gasteiger partial charge < -0.3 is 19.0 Å². The van der Waals surface area contributed by atoms with Gasteiger partial charge in [-0.1, -0.05) is 152 Å². The maximum absolute atomic E-state index is 6.93. The molecule has 0 fully saturated rings. The van der Waals surface area contributed by atoms with E-state index in [1.165, 1.54) is 10.8 Å². The van der Waals surface area contributed by atoms with E-state index in [9.17, 15) is 0 Å². The SMILES string of the molecule is C1=CC(C2=NC(c3ccccc3)NC(c3ccccc3)N2)C2C(=C1)Oc1c(-c3cccc4oc5c(-n6c7ccccc7c7ccccc76)cccc5c34)cccc12. The third-order valence-corrected chi connectivity index (χ3v) is 11.9. The highest BCUT2D eigenvalue weighted by Gasteiger charge is 2.42. The van der Waals surface area contributed by atoms with Crippen LogP contribution in [0.5, 0.6) is 5.75 Å². The summed E-state index contributed by atoms with van der Waals surface area (Å²) in [7, 11) is 0. The van der Waals surface area contributed by atoms with Gasteiger partial charge in [-0.25, -0.2) is 4.99 Å². The number of benzene rings is 7. The van der Waals surface area contributed by atoms with Crippen LogP contribution in [0.1, 0.15) is 34.9 Å². The summed E-state index contributed by atoms with van der Waals surface area (Å²) >= 11 is 0. The van der Waals surface area contributed by atoms with Crippen molar-refractivity contribution in [2.24, 2.45) is 10.9 Å². The summed E-state index contributed by atoms with van der Waals surface area (Å²) in [5, 5.41) is 12.1. The van der Waals surface area contributed by atoms with Crippen molar-refractivity contribution in [2.75, 3.05) is 0 Å². The average Bonchev–Trinajstić information content (AvgIpc) is 3.97. The molecule has 0 bridgehead atoms. The Bertz CT molecular complexity index is 3080. The number of nitrogens with one attached hydrogen (secondary N) is 2. The minimum atomic E-state index is -0.206. The fourth-order valence-corrected chi connectivity index (χ4v) is 9.39. The number of fused-ring (bicyclic) bond motifs is 9. The lowest BCUT2D eigenvalue weighted by Crippen LogP contribution is -2.48. The summed E-state index contributed by atoms with van der Waals surface area (Å²) < 4.78 is 16.1. The summed E-state index contributed by atoms with van der Waals surface area (Å²) in [4.78, 5) is 5.35. The third-order valence-electron chi connectivity index (χ3n) is 11.9. The molecule has 7 aromatic carbocycles. The second-order valence-corrected chi connectivity index (χ2v) is 15.1. The monoisotopic (exact) mass is 736 g/mol. The van der Waals surface area contributed by atoms with Crippen molar-refractivity contribution in [3.63, 3.8) is 0 Å². The van der Waals surface area contributed by atoms with E-state index in [1.807, 2.05) is 6.07 Å². The highest BCUT2D eigenvalue weighted by Crippen LogP contribution is 2.53. The maximum Gasteiger partial charge on any atom is 0.159 e. The molecule has 0 saturated heterocycles. The third kappa shape index (κ3) is 4.97. The van der Waals surface area contributed by atoms with Crippen molar-refractivity contribution in [3.8, 4) is 22.6 Å². The van der Waals surface area contributed by atoms with Crippen molar-refractivity contribution in [1.82, 2.24) is 15.2 Å². The Morgan fingerprint density at radius 2 is 1.26 bits per heavy atom. The Morgan fingerprint density at radius 1 is 0.596 bits per heavy atom. The van der Waals surface area contributed by atoms with E-state index in [4.69, 9.17) is 14.1 Å². The summed E-state index contributed by atoms with van der Waals surface area (Å²) in [5.74, 6) is 2.66. The normalized spacial score (nSPS) is 19.9. The van der Waals surface area contributed by atoms with Crippen LogP contribution in [0.25, 0.3) is 60.6 Å². The van der Waals surface area contributed by atoms with Gasteiger partial charge in [-0.15, -0.1) is 0 Å². The van der Waals surface area contributed by atoms with Crippen LogP contribution in [0, 0.1) is 5.92 Å². The van der Waals surface area contributed by atoms with Crippen LogP contribution in [0.2, 0.25) is 0 Å². The van der Waals surface area contributed by atoms with Gasteiger partial charge in [0.25, 0.3) is 0 Å². The number of aliphatic imine (C=N–C) groups is 1. The number of ether oxygens (including phenoxy) is 1. The predicted octanol–water partition coefficient (Wildman–Crippen LogP) is 11.9. The first-order valence-electron chi connectivity index (χ1n) is 19.6. The molecule has 2 aromatic heterocycles. The second-order valence-electron chi connectivity index (χ2n) is 15.1. The fraction of sp³-hybridized carbons (Fsp3) is 0.0784. The highest BCUT2D eigenvalue weighted by molar-refractivity contribution is 6.16. The Labute approximate surface area is 329 Å². The minimum absolute atomic E-state index is 0.0376. The molecule has 2 aliphatic heterocycles. The first-order valence-corrected chi connectivity index (χ1v) is 19.6. The molecule has 0 saturated carbocycles. The number of amidine groups is 1. The highest BCUT2D eigenvalue weighted by atomic mass is 16.5. The number of allylic oxidation sites excluding steroid dienone is 3. The maximum atomic E-state index is 6.93. The number of nitrogens with zero attached hydrogens (tertiary/aromatic N) is 2. The molecule has 4 atom stereocenters. The van der Waals surface area contributed by atoms with E-state index in [0.29, 0.717) is 0 Å². The molecule has 6 heteroatoms. The van der Waals surface area contributed by atoms with Gasteiger partial charge in [0, 0.05) is 38.6 Å². The molecule has 272 valence electrons. The average molecular weight is 737 g/mol. The van der Waals surface area contributed by atoms with E-state index in [0.717, 1.165) is 83.8 Å². The summed E-state index contributed by atoms with van der Waals surface area (Å²) in [6.45, 7) is 0. The van der Waals surface area contributed by atoms with Crippen LogP contribution < -0.4 is 15.4 Å². The predicted molar refractivity (Wildman–Crippen MR) is 230 cm³/mol. The van der Waals surface area contributed by atoms with Crippen LogP contribution in [-0.2, 0) is 0 Å². The molecule has 0 amide bonds. The van der Waals surface area contributed by atoms with Gasteiger partial charge in [-0.05, 0) is 47.0 Å². The number of aromatic nitrogens is 1. The minimum Gasteiger partial charge on any atom is -0.460 e. The molecule has 3 aliphatic rings. The van der Waals surface area contributed by atoms with E-state index in [2.05, 4.69) is 191 Å². The van der Waals surface area contributed by atoms with Crippen molar-refractivity contribution in [1.29, 1.82) is 0 Å². The fourth-order valence-electron chi connectivity index (χ4n) is 9.39. The van der Waals surface area contributed by atoms with Crippen LogP contribution >= 0.6 is 0 Å². The zero-order valence-corrected chi connectivity index (χ0v) is 30.8. The topological polar surface area (TPSA) is 63.7 Å². The number of rotatable bonds is 5. The van der Waals surface area contributed by atoms with Gasteiger partial charge in [0.1, 0.15) is 35.3 Å².